The molecule has 0 saturated heterocycles. The van der Waals surface area contributed by atoms with Crippen LogP contribution in [0.15, 0.2) is 194 Å². The Morgan fingerprint density at radius 3 is 1.19 bits per heavy atom. The zero-order valence-corrected chi connectivity index (χ0v) is 70.3. The topological polar surface area (TPSA) is 410 Å². The van der Waals surface area contributed by atoms with Gasteiger partial charge in [-0.05, 0) is 171 Å². The third kappa shape index (κ3) is 24.7. The fourth-order valence-electron chi connectivity index (χ4n) is 6.87. The van der Waals surface area contributed by atoms with Crippen molar-refractivity contribution in [3.63, 3.8) is 0 Å². The first-order chi connectivity index (χ1) is 48.7. The van der Waals surface area contributed by atoms with Gasteiger partial charge in [-0.25, -0.2) is 91.9 Å². The van der Waals surface area contributed by atoms with Crippen LogP contribution < -0.4 is 42.6 Å². The van der Waals surface area contributed by atoms with Crippen molar-refractivity contribution in [1.82, 2.24) is 49.8 Å². The molecule has 11 aromatic heterocycles. The first-order valence-corrected chi connectivity index (χ1v) is 44.0. The SMILES string of the molecule is COc1nc(Br)cnc1NS(=O)(=O)c1cccs1.COc1nc(C)cnc1NS(=O)(=O)c1ccc(Cl)s1.O=S(=O)(Nc1ncc(Br)nc1Br)c1ccc(Cl)s1.O=S(=O)(Nc1ncc(Br)nc1OCc1ccco1)c1ccc(Cl)s1.O=S(=O)(Nc1ncc(Br)nc1Oc1ccccc1)c1ccc(Cl)s1. The van der Waals surface area contributed by atoms with Gasteiger partial charge in [0.15, 0.2) is 10.4 Å². The summed E-state index contributed by atoms with van der Waals surface area (Å²) in [6.45, 7) is 1.81. The standard InChI is InChI=1S/C14H9BrClN3O3S2.C13H9BrClN3O4S2.C10H10ClN3O3S2.C9H8BrN3O3S2.C8H4Br2ClN3O2S2/c15-10-8-17-13(14(18-10)22-9-4-2-1-3-5-9)19-24(20,21)12-7-6-11(16)23-12;14-9-6-16-12(13(17-9)22-7-8-2-1-5-21-8)18-24(19,20)11-4-3-10(15)23-11;1-6-5-12-9(10(13-6)17-2)14-19(15,16)8-4-3-7(11)18-8;1-16-9-8(11-5-6(10)12-9)13-18(14,15)7-3-2-4-17-7;9-4-3-12-8(7(10)13-4)14-18(15,16)6-2-1-5(11)17-6/h1-8H,(H,17,19);1-6H,7H2,(H,16,18);3-5H,1-2H3,(H,12,14);2-5H,1H3,(H,11,13);1-3H,(H,12,14). The van der Waals surface area contributed by atoms with Gasteiger partial charge in [0.05, 0.1) is 74.5 Å². The molecule has 0 fully saturated rings. The number of halogens is 9. The van der Waals surface area contributed by atoms with E-state index in [-0.39, 0.29) is 80.3 Å². The second kappa shape index (κ2) is 37.4. The Bertz CT molecular complexity index is 5500. The maximum absolute atomic E-state index is 12.4. The van der Waals surface area contributed by atoms with Crippen LogP contribution in [0, 0.1) is 6.92 Å². The van der Waals surface area contributed by atoms with Gasteiger partial charge in [-0.2, -0.15) is 0 Å². The molecule has 0 radical (unpaired) electrons. The molecule has 12 rings (SSSR count). The third-order valence-corrected chi connectivity index (χ3v) is 28.2. The van der Waals surface area contributed by atoms with E-state index in [1.54, 1.807) is 54.8 Å². The molecule has 0 aliphatic rings. The predicted octanol–water partition coefficient (Wildman–Crippen LogP) is 16.4. The van der Waals surface area contributed by atoms with Crippen LogP contribution in [-0.4, -0.2) is 106 Å². The van der Waals surface area contributed by atoms with Crippen LogP contribution >= 0.6 is 183 Å². The van der Waals surface area contributed by atoms with E-state index in [9.17, 15) is 42.1 Å². The summed E-state index contributed by atoms with van der Waals surface area (Å²) in [7, 11) is -16.0. The van der Waals surface area contributed by atoms with Crippen LogP contribution in [0.5, 0.6) is 29.3 Å². The van der Waals surface area contributed by atoms with Crippen LogP contribution in [0.3, 0.4) is 0 Å². The number of anilines is 5. The molecule has 103 heavy (non-hydrogen) atoms. The highest BCUT2D eigenvalue weighted by molar-refractivity contribution is 9.11. The van der Waals surface area contributed by atoms with Gasteiger partial charge < -0.3 is 23.4 Å². The number of para-hydroxylation sites is 1. The van der Waals surface area contributed by atoms with E-state index in [0.717, 1.165) is 56.7 Å². The molecule has 544 valence electrons. The Labute approximate surface area is 668 Å². The Morgan fingerprint density at radius 2 is 0.796 bits per heavy atom. The van der Waals surface area contributed by atoms with Crippen LogP contribution in [0.2, 0.25) is 17.3 Å². The van der Waals surface area contributed by atoms with Gasteiger partial charge in [-0.1, -0.05) is 70.7 Å². The van der Waals surface area contributed by atoms with Gasteiger partial charge >= 0.3 is 0 Å². The number of ether oxygens (including phenoxy) is 4. The van der Waals surface area contributed by atoms with Gasteiger partial charge in [0.2, 0.25) is 23.3 Å². The fraction of sp³-hybridized carbons (Fsp3) is 0.0741. The minimum atomic E-state index is -3.84. The number of hydrogen-bond acceptors (Lipinski definition) is 30. The summed E-state index contributed by atoms with van der Waals surface area (Å²) in [5.74, 6) is 1.49. The average molecular weight is 2000 g/mol. The largest absolute Gasteiger partial charge is 0.478 e. The number of thiophene rings is 5. The lowest BCUT2D eigenvalue weighted by Gasteiger charge is -2.11. The van der Waals surface area contributed by atoms with Crippen LogP contribution in [-0.2, 0) is 56.7 Å². The maximum Gasteiger partial charge on any atom is 0.272 e. The molecule has 0 aliphatic carbocycles. The van der Waals surface area contributed by atoms with Crippen LogP contribution in [0.4, 0.5) is 29.1 Å². The molecule has 0 aliphatic heterocycles. The highest BCUT2D eigenvalue weighted by Crippen LogP contribution is 2.35. The number of rotatable bonds is 22. The lowest BCUT2D eigenvalue weighted by atomic mass is 10.3. The van der Waals surface area contributed by atoms with Crippen molar-refractivity contribution in [3.8, 4) is 29.3 Å². The van der Waals surface area contributed by atoms with E-state index in [0.29, 0.717) is 57.6 Å². The van der Waals surface area contributed by atoms with E-state index in [4.69, 9.17) is 69.8 Å². The van der Waals surface area contributed by atoms with E-state index >= 15 is 0 Å². The van der Waals surface area contributed by atoms with Gasteiger partial charge in [0.1, 0.15) is 57.6 Å². The maximum atomic E-state index is 12.4. The number of benzene rings is 1. The number of furan rings is 1. The molecule has 12 aromatic rings. The van der Waals surface area contributed by atoms with Crippen molar-refractivity contribution in [1.29, 1.82) is 0 Å². The highest BCUT2D eigenvalue weighted by atomic mass is 79.9. The Hall–Kier alpha value is -6.09. The molecule has 11 heterocycles. The van der Waals surface area contributed by atoms with Gasteiger partial charge in [0.25, 0.3) is 73.6 Å². The van der Waals surface area contributed by atoms with Crippen LogP contribution in [0.25, 0.3) is 0 Å². The van der Waals surface area contributed by atoms with Crippen LogP contribution in [0.1, 0.15) is 11.5 Å². The molecule has 1 aromatic carbocycles. The second-order valence-corrected chi connectivity index (χ2v) is 39.8. The van der Waals surface area contributed by atoms with E-state index < -0.39 is 50.1 Å². The minimum Gasteiger partial charge on any atom is -0.478 e. The zero-order valence-electron chi connectivity index (χ0n) is 51.1. The summed E-state index contributed by atoms with van der Waals surface area (Å²) in [5, 5.41) is 1.68. The number of aromatic nitrogens is 10. The van der Waals surface area contributed by atoms with E-state index in [1.165, 1.54) is 106 Å². The van der Waals surface area contributed by atoms with E-state index in [2.05, 4.69) is 153 Å². The smallest absolute Gasteiger partial charge is 0.272 e. The van der Waals surface area contributed by atoms with Gasteiger partial charge in [-0.3, -0.25) is 23.6 Å². The molecule has 0 bridgehead atoms. The fourth-order valence-corrected chi connectivity index (χ4v) is 20.7. The van der Waals surface area contributed by atoms with Crippen molar-refractivity contribution >= 4 is 262 Å². The third-order valence-electron chi connectivity index (χ3n) is 11.1. The molecule has 49 heteroatoms. The van der Waals surface area contributed by atoms with Crippen molar-refractivity contribution in [2.24, 2.45) is 0 Å². The zero-order chi connectivity index (χ0) is 74.9. The first-order valence-electron chi connectivity index (χ1n) is 27.0. The minimum absolute atomic E-state index is 0.0204. The number of nitrogens with zero attached hydrogens (tertiary/aromatic N) is 10. The van der Waals surface area contributed by atoms with Crippen molar-refractivity contribution < 1.29 is 65.5 Å². The summed E-state index contributed by atoms with van der Waals surface area (Å²) >= 11 is 43.7. The average Bonchev–Trinajstić information content (AvgIpc) is 1.83. The normalized spacial score (nSPS) is 11.3. The molecule has 0 unspecified atom stereocenters. The molecule has 0 spiro atoms. The quantitative estimate of drug-likeness (QED) is 0.0421. The first kappa shape index (κ1) is 82.6. The van der Waals surface area contributed by atoms with Crippen molar-refractivity contribution in [3.05, 3.63) is 198 Å². The highest BCUT2D eigenvalue weighted by Gasteiger charge is 2.26. The predicted molar refractivity (Wildman–Crippen MR) is 412 cm³/mol. The Kier molecular flexibility index (Phi) is 30.0. The molecule has 0 saturated carbocycles. The lowest BCUT2D eigenvalue weighted by molar-refractivity contribution is 0.261. The number of nitrogens with one attached hydrogen (secondary N) is 5. The summed E-state index contributed by atoms with van der Waals surface area (Å²) in [5.41, 5.74) is 0.624. The number of aryl methyl sites for hydroxylation is 1. The number of hydrogen-bond donors (Lipinski definition) is 5. The summed E-state index contributed by atoms with van der Waals surface area (Å²) in [6.07, 6.45) is 8.46. The van der Waals surface area contributed by atoms with Crippen molar-refractivity contribution in [2.45, 2.75) is 34.6 Å². The molecular formula is C54H40Br5Cl4N15O15S10. The van der Waals surface area contributed by atoms with Crippen molar-refractivity contribution in [2.75, 3.05) is 37.8 Å². The lowest BCUT2D eigenvalue weighted by Crippen LogP contribution is -2.14. The number of sulfonamides is 5. The Morgan fingerprint density at radius 1 is 0.417 bits per heavy atom. The Balaban J connectivity index is 0.000000164. The van der Waals surface area contributed by atoms with E-state index in [1.807, 2.05) is 6.07 Å². The molecular weight excluding hydrogens is 1960 g/mol. The summed E-state index contributed by atoms with van der Waals surface area (Å²) in [6, 6.07) is 27.2. The molecule has 5 N–H and O–H groups in total. The summed E-state index contributed by atoms with van der Waals surface area (Å²) in [4.78, 5) is 40.1. The number of methoxy groups -OCH3 is 2. The molecule has 0 atom stereocenters. The van der Waals surface area contributed by atoms with Gasteiger partial charge in [-0.15, -0.1) is 56.7 Å². The summed E-state index contributed by atoms with van der Waals surface area (Å²) < 4.78 is 164. The second-order valence-electron chi connectivity index (χ2n) is 18.4. The molecule has 30 nitrogen and oxygen atoms in total. The van der Waals surface area contributed by atoms with Gasteiger partial charge in [0, 0.05) is 0 Å². The molecule has 0 amide bonds. The monoisotopic (exact) mass is 1990 g/mol.